The highest BCUT2D eigenvalue weighted by molar-refractivity contribution is 5.93. The number of aryl methyl sites for hydroxylation is 1. The predicted molar refractivity (Wildman–Crippen MR) is 109 cm³/mol. The lowest BCUT2D eigenvalue weighted by Gasteiger charge is -2.34. The zero-order valence-electron chi connectivity index (χ0n) is 16.4. The smallest absolute Gasteiger partial charge is 0.354 e. The van der Waals surface area contributed by atoms with E-state index >= 15 is 0 Å². The zero-order valence-corrected chi connectivity index (χ0v) is 16.4. The standard InChI is InChI=1S/C22H21F3N4O/c1-14-7-2-3-9-16(14)28-21(30)15-8-6-12-29(13-15)20-19(22(23,24)25)26-17-10-4-5-11-18(17)27-20/h2-5,7,9-11,15H,6,8,12-13H2,1H3,(H,28,30)/t15-/m1/s1. The first-order chi connectivity index (χ1) is 14.3. The van der Waals surface area contributed by atoms with Crippen molar-refractivity contribution in [2.24, 2.45) is 5.92 Å². The lowest BCUT2D eigenvalue weighted by atomic mass is 9.96. The summed E-state index contributed by atoms with van der Waals surface area (Å²) < 4.78 is 41.1. The molecule has 0 aliphatic carbocycles. The number of para-hydroxylation sites is 3. The van der Waals surface area contributed by atoms with Crippen molar-refractivity contribution in [2.75, 3.05) is 23.3 Å². The van der Waals surface area contributed by atoms with E-state index in [1.807, 2.05) is 31.2 Å². The van der Waals surface area contributed by atoms with Crippen molar-refractivity contribution in [3.8, 4) is 0 Å². The van der Waals surface area contributed by atoms with Gasteiger partial charge in [-0.25, -0.2) is 9.97 Å². The molecule has 1 atom stereocenters. The number of benzene rings is 2. The van der Waals surface area contributed by atoms with E-state index in [0.717, 1.165) is 5.56 Å². The van der Waals surface area contributed by atoms with Crippen LogP contribution < -0.4 is 10.2 Å². The van der Waals surface area contributed by atoms with Crippen LogP contribution in [0.15, 0.2) is 48.5 Å². The normalized spacial score (nSPS) is 17.2. The molecule has 30 heavy (non-hydrogen) atoms. The minimum Gasteiger partial charge on any atom is -0.354 e. The molecule has 1 aromatic heterocycles. The molecule has 2 aromatic carbocycles. The summed E-state index contributed by atoms with van der Waals surface area (Å²) in [6, 6.07) is 13.9. The Bertz CT molecular complexity index is 1080. The van der Waals surface area contributed by atoms with E-state index in [1.54, 1.807) is 18.2 Å². The number of carbonyl (C=O) groups is 1. The molecule has 1 saturated heterocycles. The van der Waals surface area contributed by atoms with Crippen LogP contribution in [0, 0.1) is 12.8 Å². The summed E-state index contributed by atoms with van der Waals surface area (Å²) in [5.74, 6) is -0.849. The first kappa shape index (κ1) is 20.1. The van der Waals surface area contributed by atoms with Crippen LogP contribution in [0.1, 0.15) is 24.1 Å². The van der Waals surface area contributed by atoms with Gasteiger partial charge >= 0.3 is 6.18 Å². The van der Waals surface area contributed by atoms with Crippen LogP contribution >= 0.6 is 0 Å². The summed E-state index contributed by atoms with van der Waals surface area (Å²) in [4.78, 5) is 22.4. The van der Waals surface area contributed by atoms with Crippen molar-refractivity contribution in [1.82, 2.24) is 9.97 Å². The maximum absolute atomic E-state index is 13.7. The Morgan fingerprint density at radius 1 is 1.07 bits per heavy atom. The number of rotatable bonds is 3. The number of fused-ring (bicyclic) bond motifs is 1. The molecule has 1 aliphatic heterocycles. The molecular weight excluding hydrogens is 393 g/mol. The van der Waals surface area contributed by atoms with Gasteiger partial charge in [0.2, 0.25) is 5.91 Å². The Balaban J connectivity index is 1.62. The topological polar surface area (TPSA) is 58.1 Å². The first-order valence-electron chi connectivity index (χ1n) is 9.78. The Morgan fingerprint density at radius 3 is 2.43 bits per heavy atom. The summed E-state index contributed by atoms with van der Waals surface area (Å²) in [6.45, 7) is 2.45. The maximum Gasteiger partial charge on any atom is 0.437 e. The minimum atomic E-state index is -4.64. The van der Waals surface area contributed by atoms with Gasteiger partial charge in [-0.05, 0) is 43.5 Å². The second kappa shape index (κ2) is 7.93. The maximum atomic E-state index is 13.7. The van der Waals surface area contributed by atoms with E-state index < -0.39 is 17.8 Å². The quantitative estimate of drug-likeness (QED) is 0.668. The van der Waals surface area contributed by atoms with Gasteiger partial charge in [0.1, 0.15) is 0 Å². The molecule has 0 spiro atoms. The van der Waals surface area contributed by atoms with Gasteiger partial charge in [0.05, 0.1) is 17.0 Å². The van der Waals surface area contributed by atoms with Gasteiger partial charge in [0.15, 0.2) is 11.5 Å². The van der Waals surface area contributed by atoms with Crippen LogP contribution in [0.5, 0.6) is 0 Å². The number of halogens is 3. The SMILES string of the molecule is Cc1ccccc1NC(=O)[C@@H]1CCCN(c2nc3ccccc3nc2C(F)(F)F)C1. The summed E-state index contributed by atoms with van der Waals surface area (Å²) in [7, 11) is 0. The van der Waals surface area contributed by atoms with E-state index in [9.17, 15) is 18.0 Å². The number of anilines is 2. The molecule has 1 fully saturated rings. The van der Waals surface area contributed by atoms with E-state index in [2.05, 4.69) is 15.3 Å². The van der Waals surface area contributed by atoms with Gasteiger partial charge < -0.3 is 10.2 Å². The summed E-state index contributed by atoms with van der Waals surface area (Å²) in [5, 5.41) is 2.90. The van der Waals surface area contributed by atoms with Crippen molar-refractivity contribution >= 4 is 28.4 Å². The molecule has 156 valence electrons. The Morgan fingerprint density at radius 2 is 1.73 bits per heavy atom. The van der Waals surface area contributed by atoms with E-state index in [4.69, 9.17) is 0 Å². The lowest BCUT2D eigenvalue weighted by Crippen LogP contribution is -2.42. The number of hydrogen-bond donors (Lipinski definition) is 1. The Hall–Kier alpha value is -3.16. The molecule has 1 aliphatic rings. The molecule has 1 N–H and O–H groups in total. The molecule has 0 saturated carbocycles. The van der Waals surface area contributed by atoms with Gasteiger partial charge in [-0.1, -0.05) is 30.3 Å². The number of hydrogen-bond acceptors (Lipinski definition) is 4. The number of nitrogens with one attached hydrogen (secondary N) is 1. The third kappa shape index (κ3) is 4.08. The fraction of sp³-hybridized carbons (Fsp3) is 0.318. The number of piperidine rings is 1. The highest BCUT2D eigenvalue weighted by Crippen LogP contribution is 2.36. The van der Waals surface area contributed by atoms with E-state index in [0.29, 0.717) is 30.6 Å². The minimum absolute atomic E-state index is 0.161. The number of alkyl halides is 3. The third-order valence-electron chi connectivity index (χ3n) is 5.32. The fourth-order valence-electron chi connectivity index (χ4n) is 3.73. The average Bonchev–Trinajstić information content (AvgIpc) is 2.74. The number of carbonyl (C=O) groups excluding carboxylic acids is 1. The van der Waals surface area contributed by atoms with Crippen molar-refractivity contribution in [2.45, 2.75) is 25.9 Å². The van der Waals surface area contributed by atoms with Crippen molar-refractivity contribution in [1.29, 1.82) is 0 Å². The van der Waals surface area contributed by atoms with Crippen LogP contribution in [0.25, 0.3) is 11.0 Å². The molecule has 5 nitrogen and oxygen atoms in total. The molecule has 8 heteroatoms. The Kier molecular flexibility index (Phi) is 5.32. The van der Waals surface area contributed by atoms with Crippen LogP contribution in [-0.4, -0.2) is 29.0 Å². The summed E-state index contributed by atoms with van der Waals surface area (Å²) in [5.41, 5.74) is 1.21. The first-order valence-corrected chi connectivity index (χ1v) is 9.78. The van der Waals surface area contributed by atoms with Crippen molar-refractivity contribution in [3.05, 3.63) is 59.8 Å². The number of aromatic nitrogens is 2. The highest BCUT2D eigenvalue weighted by atomic mass is 19.4. The summed E-state index contributed by atoms with van der Waals surface area (Å²) in [6.07, 6.45) is -3.43. The average molecular weight is 414 g/mol. The second-order valence-corrected chi connectivity index (χ2v) is 7.47. The summed E-state index contributed by atoms with van der Waals surface area (Å²) >= 11 is 0. The second-order valence-electron chi connectivity index (χ2n) is 7.47. The van der Waals surface area contributed by atoms with Gasteiger partial charge in [-0.15, -0.1) is 0 Å². The molecule has 1 amide bonds. The van der Waals surface area contributed by atoms with Gasteiger partial charge in [0.25, 0.3) is 0 Å². The number of amides is 1. The van der Waals surface area contributed by atoms with Crippen LogP contribution in [0.2, 0.25) is 0 Å². The monoisotopic (exact) mass is 414 g/mol. The predicted octanol–water partition coefficient (Wildman–Crippen LogP) is 4.81. The highest BCUT2D eigenvalue weighted by Gasteiger charge is 2.40. The Labute approximate surface area is 171 Å². The molecule has 0 radical (unpaired) electrons. The number of nitrogens with zero attached hydrogens (tertiary/aromatic N) is 3. The van der Waals surface area contributed by atoms with Gasteiger partial charge in [-0.3, -0.25) is 4.79 Å². The molecule has 2 heterocycles. The van der Waals surface area contributed by atoms with Crippen LogP contribution in [-0.2, 0) is 11.0 Å². The zero-order chi connectivity index (χ0) is 21.3. The molecule has 4 rings (SSSR count). The molecular formula is C22H21F3N4O. The van der Waals surface area contributed by atoms with Crippen molar-refractivity contribution in [3.63, 3.8) is 0 Å². The van der Waals surface area contributed by atoms with Gasteiger partial charge in [-0.2, -0.15) is 13.2 Å². The molecule has 0 unspecified atom stereocenters. The van der Waals surface area contributed by atoms with E-state index in [1.165, 1.54) is 11.0 Å². The third-order valence-corrected chi connectivity index (χ3v) is 5.32. The van der Waals surface area contributed by atoms with Gasteiger partial charge in [0, 0.05) is 18.8 Å². The largest absolute Gasteiger partial charge is 0.437 e. The van der Waals surface area contributed by atoms with Crippen LogP contribution in [0.4, 0.5) is 24.7 Å². The van der Waals surface area contributed by atoms with Crippen LogP contribution in [0.3, 0.4) is 0 Å². The van der Waals surface area contributed by atoms with E-state index in [-0.39, 0.29) is 23.8 Å². The lowest BCUT2D eigenvalue weighted by molar-refractivity contribution is -0.140. The fourth-order valence-corrected chi connectivity index (χ4v) is 3.73. The molecule has 0 bridgehead atoms. The van der Waals surface area contributed by atoms with Crippen molar-refractivity contribution < 1.29 is 18.0 Å². The molecule has 3 aromatic rings.